The lowest BCUT2D eigenvalue weighted by Crippen LogP contribution is -2.49. The summed E-state index contributed by atoms with van der Waals surface area (Å²) in [6, 6.07) is 0.328. The molecule has 9 nitrogen and oxygen atoms in total. The Bertz CT molecular complexity index is 465. The van der Waals surface area contributed by atoms with Gasteiger partial charge in [-0.15, -0.1) is 0 Å². The molecule has 9 heteroatoms. The molecule has 0 heterocycles. The van der Waals surface area contributed by atoms with Crippen LogP contribution in [0.25, 0.3) is 0 Å². The molecular weight excluding hydrogens is 396 g/mol. The molecule has 0 saturated heterocycles. The molecule has 0 aromatic rings. The number of hydrogen-bond acceptors (Lipinski definition) is 9. The zero-order valence-corrected chi connectivity index (χ0v) is 20.7. The van der Waals surface area contributed by atoms with Crippen LogP contribution in [0.5, 0.6) is 0 Å². The van der Waals surface area contributed by atoms with Crippen LogP contribution in [0.4, 0.5) is 0 Å². The SMILES string of the molecule is C=C(OC)C(C)CNCCNCC(CNCCN(C)C)NCCNCC(C)C(=O)OC. The van der Waals surface area contributed by atoms with Crippen LogP contribution in [-0.4, -0.2) is 111 Å². The summed E-state index contributed by atoms with van der Waals surface area (Å²) in [5.41, 5.74) is 0. The number of ether oxygens (including phenoxy) is 2. The second-order valence-electron chi connectivity index (χ2n) is 8.27. The molecular formula is C22H48N6O3. The fraction of sp³-hybridized carbons (Fsp3) is 0.864. The minimum Gasteiger partial charge on any atom is -0.501 e. The number of hydrogen-bond donors (Lipinski definition) is 5. The van der Waals surface area contributed by atoms with E-state index in [9.17, 15) is 4.79 Å². The van der Waals surface area contributed by atoms with Gasteiger partial charge in [-0.25, -0.2) is 0 Å². The smallest absolute Gasteiger partial charge is 0.309 e. The number of esters is 1. The Balaban J connectivity index is 4.08. The molecule has 0 fully saturated rings. The molecule has 3 atom stereocenters. The number of carbonyl (C=O) groups is 1. The third-order valence-corrected chi connectivity index (χ3v) is 5.05. The first kappa shape index (κ1) is 29.8. The zero-order chi connectivity index (χ0) is 23.5. The van der Waals surface area contributed by atoms with Crippen molar-refractivity contribution in [1.29, 1.82) is 0 Å². The lowest BCUT2D eigenvalue weighted by Gasteiger charge is -2.21. The van der Waals surface area contributed by atoms with Gasteiger partial charge in [0.05, 0.1) is 25.9 Å². The van der Waals surface area contributed by atoms with Crippen LogP contribution in [0.1, 0.15) is 13.8 Å². The van der Waals surface area contributed by atoms with Crippen molar-refractivity contribution < 1.29 is 14.3 Å². The van der Waals surface area contributed by atoms with E-state index in [2.05, 4.69) is 59.1 Å². The maximum absolute atomic E-state index is 11.4. The second-order valence-corrected chi connectivity index (χ2v) is 8.27. The van der Waals surface area contributed by atoms with Crippen molar-refractivity contribution in [3.8, 4) is 0 Å². The van der Waals surface area contributed by atoms with Crippen LogP contribution in [-0.2, 0) is 14.3 Å². The van der Waals surface area contributed by atoms with Crippen molar-refractivity contribution in [2.24, 2.45) is 11.8 Å². The fourth-order valence-corrected chi connectivity index (χ4v) is 2.85. The number of nitrogens with one attached hydrogen (secondary N) is 5. The summed E-state index contributed by atoms with van der Waals surface area (Å²) < 4.78 is 9.92. The molecule has 0 aliphatic carbocycles. The molecule has 3 unspecified atom stereocenters. The van der Waals surface area contributed by atoms with Crippen molar-refractivity contribution in [3.05, 3.63) is 12.3 Å². The molecule has 0 amide bonds. The fourth-order valence-electron chi connectivity index (χ4n) is 2.85. The summed E-state index contributed by atoms with van der Waals surface area (Å²) in [6.45, 7) is 16.6. The van der Waals surface area contributed by atoms with Crippen molar-refractivity contribution in [3.63, 3.8) is 0 Å². The third-order valence-electron chi connectivity index (χ3n) is 5.05. The van der Waals surface area contributed by atoms with Crippen LogP contribution in [0.2, 0.25) is 0 Å². The van der Waals surface area contributed by atoms with Crippen molar-refractivity contribution >= 4 is 5.97 Å². The summed E-state index contributed by atoms with van der Waals surface area (Å²) in [4.78, 5) is 13.6. The molecule has 5 N–H and O–H groups in total. The third kappa shape index (κ3) is 17.1. The first-order valence-electron chi connectivity index (χ1n) is 11.3. The van der Waals surface area contributed by atoms with Crippen molar-refractivity contribution in [2.75, 3.05) is 93.8 Å². The van der Waals surface area contributed by atoms with E-state index in [1.165, 1.54) is 7.11 Å². The van der Waals surface area contributed by atoms with Gasteiger partial charge in [0.1, 0.15) is 0 Å². The highest BCUT2D eigenvalue weighted by Gasteiger charge is 2.12. The lowest BCUT2D eigenvalue weighted by molar-refractivity contribution is -0.144. The zero-order valence-electron chi connectivity index (χ0n) is 20.7. The number of methoxy groups -OCH3 is 2. The number of likely N-dealkylation sites (N-methyl/N-ethyl adjacent to an activating group) is 1. The van der Waals surface area contributed by atoms with Gasteiger partial charge in [-0.05, 0) is 14.1 Å². The molecule has 0 aromatic carbocycles. The normalized spacial score (nSPS) is 14.3. The van der Waals surface area contributed by atoms with Gasteiger partial charge in [0, 0.05) is 77.4 Å². The predicted molar refractivity (Wildman–Crippen MR) is 128 cm³/mol. The van der Waals surface area contributed by atoms with E-state index in [-0.39, 0.29) is 11.9 Å². The van der Waals surface area contributed by atoms with Crippen LogP contribution in [0.15, 0.2) is 12.3 Å². The van der Waals surface area contributed by atoms with Gasteiger partial charge >= 0.3 is 5.97 Å². The summed E-state index contributed by atoms with van der Waals surface area (Å²) >= 11 is 0. The quantitative estimate of drug-likeness (QED) is 0.0909. The molecule has 0 radical (unpaired) electrons. The van der Waals surface area contributed by atoms with Crippen LogP contribution in [0.3, 0.4) is 0 Å². The average molecular weight is 445 g/mol. The molecule has 0 bridgehead atoms. The highest BCUT2D eigenvalue weighted by Crippen LogP contribution is 2.06. The van der Waals surface area contributed by atoms with Gasteiger partial charge in [0.15, 0.2) is 0 Å². The van der Waals surface area contributed by atoms with Gasteiger partial charge in [0.2, 0.25) is 0 Å². The second kappa shape index (κ2) is 19.5. The predicted octanol–water partition coefficient (Wildman–Crippen LogP) is -0.530. The first-order valence-corrected chi connectivity index (χ1v) is 11.3. The summed E-state index contributed by atoms with van der Waals surface area (Å²) in [6.07, 6.45) is 0. The molecule has 0 saturated carbocycles. The maximum Gasteiger partial charge on any atom is 0.309 e. The molecule has 0 aliphatic rings. The highest BCUT2D eigenvalue weighted by molar-refractivity contribution is 5.71. The van der Waals surface area contributed by atoms with E-state index in [0.717, 1.165) is 64.7 Å². The van der Waals surface area contributed by atoms with E-state index >= 15 is 0 Å². The van der Waals surface area contributed by atoms with Gasteiger partial charge in [-0.1, -0.05) is 20.4 Å². The van der Waals surface area contributed by atoms with Gasteiger partial charge in [0.25, 0.3) is 0 Å². The minimum atomic E-state index is -0.179. The molecule has 31 heavy (non-hydrogen) atoms. The Morgan fingerprint density at radius 2 is 1.32 bits per heavy atom. The van der Waals surface area contributed by atoms with Crippen LogP contribution >= 0.6 is 0 Å². The van der Waals surface area contributed by atoms with E-state index in [0.29, 0.717) is 18.5 Å². The van der Waals surface area contributed by atoms with Gasteiger partial charge in [-0.2, -0.15) is 0 Å². The highest BCUT2D eigenvalue weighted by atomic mass is 16.5. The monoisotopic (exact) mass is 444 g/mol. The average Bonchev–Trinajstić information content (AvgIpc) is 2.76. The first-order chi connectivity index (χ1) is 14.8. The van der Waals surface area contributed by atoms with E-state index < -0.39 is 0 Å². The van der Waals surface area contributed by atoms with E-state index in [4.69, 9.17) is 9.47 Å². The standard InChI is InChI=1S/C22H48N6O3/c1-18(20(3)30-6)14-23-8-9-25-16-21(17-26-12-13-28(4)5)27-11-10-24-15-19(2)22(29)31-7/h18-19,21,23-27H,3,8-17H2,1-2,4-7H3. The summed E-state index contributed by atoms with van der Waals surface area (Å²) in [5, 5.41) is 17.4. The molecule has 0 spiro atoms. The van der Waals surface area contributed by atoms with Crippen LogP contribution in [0, 0.1) is 11.8 Å². The molecule has 0 aliphatic heterocycles. The minimum absolute atomic E-state index is 0.133. The Hall–Kier alpha value is -1.23. The molecule has 0 aromatic heterocycles. The van der Waals surface area contributed by atoms with Crippen molar-refractivity contribution in [2.45, 2.75) is 19.9 Å². The Labute approximate surface area is 190 Å². The topological polar surface area (TPSA) is 98.9 Å². The van der Waals surface area contributed by atoms with Gasteiger partial charge in [-0.3, -0.25) is 4.79 Å². The Morgan fingerprint density at radius 3 is 1.87 bits per heavy atom. The number of rotatable bonds is 21. The summed E-state index contributed by atoms with van der Waals surface area (Å²) in [7, 11) is 7.24. The number of nitrogens with zero attached hydrogens (tertiary/aromatic N) is 1. The van der Waals surface area contributed by atoms with E-state index in [1.807, 2.05) is 6.92 Å². The van der Waals surface area contributed by atoms with Crippen LogP contribution < -0.4 is 26.6 Å². The molecule has 0 rings (SSSR count). The largest absolute Gasteiger partial charge is 0.501 e. The van der Waals surface area contributed by atoms with Crippen molar-refractivity contribution in [1.82, 2.24) is 31.5 Å². The molecule has 184 valence electrons. The number of carbonyl (C=O) groups excluding carboxylic acids is 1. The van der Waals surface area contributed by atoms with E-state index in [1.54, 1.807) is 7.11 Å². The van der Waals surface area contributed by atoms with Gasteiger partial charge < -0.3 is 41.0 Å². The summed E-state index contributed by atoms with van der Waals surface area (Å²) in [5.74, 6) is 0.798. The Morgan fingerprint density at radius 1 is 0.806 bits per heavy atom. The Kier molecular flexibility index (Phi) is 18.7. The lowest BCUT2D eigenvalue weighted by atomic mass is 10.1. The maximum atomic E-state index is 11.4.